The van der Waals surface area contributed by atoms with E-state index in [1.165, 1.54) is 5.56 Å². The van der Waals surface area contributed by atoms with E-state index in [1.807, 2.05) is 6.07 Å². The minimum absolute atomic E-state index is 0.289. The topological polar surface area (TPSA) is 33.7 Å². The highest BCUT2D eigenvalue weighted by atomic mass is 16.5. The molecule has 0 aliphatic rings. The number of hydrogen-bond acceptors (Lipinski definition) is 4. The Morgan fingerprint density at radius 1 is 1.14 bits per heavy atom. The van der Waals surface area contributed by atoms with Gasteiger partial charge in [-0.1, -0.05) is 13.0 Å². The maximum absolute atomic E-state index is 5.42. The van der Waals surface area contributed by atoms with Crippen LogP contribution < -0.4 is 14.8 Å². The van der Waals surface area contributed by atoms with Crippen LogP contribution in [0.4, 0.5) is 0 Å². The van der Waals surface area contributed by atoms with Gasteiger partial charge in [0.25, 0.3) is 0 Å². The maximum Gasteiger partial charge on any atom is 0.161 e. The molecule has 0 saturated heterocycles. The monoisotopic (exact) mass is 294 g/mol. The van der Waals surface area contributed by atoms with Gasteiger partial charge in [0.15, 0.2) is 11.5 Å². The van der Waals surface area contributed by atoms with E-state index in [-0.39, 0.29) is 6.04 Å². The Labute approximate surface area is 129 Å². The molecular formula is C17H30N2O2. The van der Waals surface area contributed by atoms with Crippen LogP contribution in [0.15, 0.2) is 18.2 Å². The number of likely N-dealkylation sites (N-methyl/N-ethyl adjacent to an activating group) is 1. The molecule has 1 atom stereocenters. The highest BCUT2D eigenvalue weighted by Crippen LogP contribution is 2.30. The van der Waals surface area contributed by atoms with Crippen LogP contribution in [0.25, 0.3) is 0 Å². The molecule has 120 valence electrons. The lowest BCUT2D eigenvalue weighted by Gasteiger charge is -2.28. The average molecular weight is 294 g/mol. The Morgan fingerprint density at radius 3 is 2.33 bits per heavy atom. The number of rotatable bonds is 9. The van der Waals surface area contributed by atoms with E-state index in [9.17, 15) is 0 Å². The Morgan fingerprint density at radius 2 is 1.81 bits per heavy atom. The molecule has 0 bridgehead atoms. The van der Waals surface area contributed by atoms with Crippen molar-refractivity contribution in [3.8, 4) is 11.5 Å². The smallest absolute Gasteiger partial charge is 0.161 e. The summed E-state index contributed by atoms with van der Waals surface area (Å²) in [5.74, 6) is 1.55. The quantitative estimate of drug-likeness (QED) is 0.759. The summed E-state index contributed by atoms with van der Waals surface area (Å²) < 4.78 is 10.7. The van der Waals surface area contributed by atoms with Gasteiger partial charge in [-0.05, 0) is 51.6 Å². The zero-order valence-corrected chi connectivity index (χ0v) is 14.3. The molecular weight excluding hydrogens is 264 g/mol. The molecule has 4 nitrogen and oxygen atoms in total. The summed E-state index contributed by atoms with van der Waals surface area (Å²) in [6.45, 7) is 8.58. The first-order valence-electron chi connectivity index (χ1n) is 7.69. The molecule has 0 saturated carbocycles. The Kier molecular flexibility index (Phi) is 7.54. The van der Waals surface area contributed by atoms with Crippen LogP contribution in [0.1, 0.15) is 38.8 Å². The van der Waals surface area contributed by atoms with E-state index in [0.717, 1.165) is 31.0 Å². The number of ether oxygens (including phenoxy) is 2. The van der Waals surface area contributed by atoms with Crippen LogP contribution in [0.2, 0.25) is 0 Å². The number of nitrogens with zero attached hydrogens (tertiary/aromatic N) is 1. The normalized spacial score (nSPS) is 12.8. The molecule has 4 heteroatoms. The van der Waals surface area contributed by atoms with Crippen molar-refractivity contribution in [1.29, 1.82) is 0 Å². The van der Waals surface area contributed by atoms with Crippen LogP contribution in [0.3, 0.4) is 0 Å². The summed E-state index contributed by atoms with van der Waals surface area (Å²) >= 11 is 0. The van der Waals surface area contributed by atoms with E-state index in [2.05, 4.69) is 50.2 Å². The van der Waals surface area contributed by atoms with Crippen molar-refractivity contribution < 1.29 is 9.47 Å². The van der Waals surface area contributed by atoms with E-state index in [1.54, 1.807) is 14.2 Å². The Hall–Kier alpha value is -1.26. The van der Waals surface area contributed by atoms with Crippen LogP contribution in [0.5, 0.6) is 11.5 Å². The van der Waals surface area contributed by atoms with Gasteiger partial charge in [0.1, 0.15) is 0 Å². The standard InChI is InChI=1S/C17H30N2O2/c1-7-10-18-15(12-19(4)13(2)3)14-8-9-16(20-5)17(11-14)21-6/h8-9,11,13,15,18H,7,10,12H2,1-6H3. The third-order valence-electron chi connectivity index (χ3n) is 3.80. The predicted octanol–water partition coefficient (Wildman–Crippen LogP) is 3.08. The lowest BCUT2D eigenvalue weighted by atomic mass is 10.0. The molecule has 0 fully saturated rings. The molecule has 21 heavy (non-hydrogen) atoms. The predicted molar refractivity (Wildman–Crippen MR) is 88.3 cm³/mol. The fraction of sp³-hybridized carbons (Fsp3) is 0.647. The van der Waals surface area contributed by atoms with Gasteiger partial charge in [-0.2, -0.15) is 0 Å². The minimum atomic E-state index is 0.289. The van der Waals surface area contributed by atoms with Gasteiger partial charge >= 0.3 is 0 Å². The van der Waals surface area contributed by atoms with Crippen LogP contribution in [-0.4, -0.2) is 45.3 Å². The summed E-state index contributed by atoms with van der Waals surface area (Å²) in [6, 6.07) is 6.97. The van der Waals surface area contributed by atoms with Crippen molar-refractivity contribution in [2.45, 2.75) is 39.3 Å². The molecule has 0 aliphatic carbocycles. The molecule has 0 amide bonds. The van der Waals surface area contributed by atoms with E-state index < -0.39 is 0 Å². The molecule has 0 heterocycles. The zero-order valence-electron chi connectivity index (χ0n) is 14.3. The van der Waals surface area contributed by atoms with Crippen molar-refractivity contribution in [2.75, 3.05) is 34.4 Å². The first kappa shape index (κ1) is 17.8. The van der Waals surface area contributed by atoms with Gasteiger partial charge in [-0.15, -0.1) is 0 Å². The molecule has 0 aromatic heterocycles. The van der Waals surface area contributed by atoms with E-state index >= 15 is 0 Å². The third kappa shape index (κ3) is 5.21. The molecule has 1 rings (SSSR count). The molecule has 0 spiro atoms. The van der Waals surface area contributed by atoms with Crippen molar-refractivity contribution in [1.82, 2.24) is 10.2 Å². The van der Waals surface area contributed by atoms with Gasteiger partial charge < -0.3 is 19.7 Å². The van der Waals surface area contributed by atoms with Gasteiger partial charge in [0.2, 0.25) is 0 Å². The van der Waals surface area contributed by atoms with E-state index in [0.29, 0.717) is 6.04 Å². The van der Waals surface area contributed by atoms with Gasteiger partial charge in [0.05, 0.1) is 14.2 Å². The number of nitrogens with one attached hydrogen (secondary N) is 1. The lowest BCUT2D eigenvalue weighted by molar-refractivity contribution is 0.242. The largest absolute Gasteiger partial charge is 0.493 e. The third-order valence-corrected chi connectivity index (χ3v) is 3.80. The zero-order chi connectivity index (χ0) is 15.8. The summed E-state index contributed by atoms with van der Waals surface area (Å²) in [6.07, 6.45) is 1.12. The van der Waals surface area contributed by atoms with Crippen molar-refractivity contribution in [2.24, 2.45) is 0 Å². The van der Waals surface area contributed by atoms with Crippen molar-refractivity contribution in [3.63, 3.8) is 0 Å². The Bertz CT molecular complexity index is 421. The van der Waals surface area contributed by atoms with Gasteiger partial charge in [-0.3, -0.25) is 0 Å². The molecule has 1 aromatic rings. The number of hydrogen-bond donors (Lipinski definition) is 1. The van der Waals surface area contributed by atoms with Crippen LogP contribution in [0, 0.1) is 0 Å². The first-order chi connectivity index (χ1) is 10.0. The van der Waals surface area contributed by atoms with Crippen LogP contribution >= 0.6 is 0 Å². The van der Waals surface area contributed by atoms with Gasteiger partial charge in [-0.25, -0.2) is 0 Å². The van der Waals surface area contributed by atoms with Crippen molar-refractivity contribution in [3.05, 3.63) is 23.8 Å². The van der Waals surface area contributed by atoms with E-state index in [4.69, 9.17) is 9.47 Å². The van der Waals surface area contributed by atoms with Crippen molar-refractivity contribution >= 4 is 0 Å². The number of benzene rings is 1. The lowest BCUT2D eigenvalue weighted by Crippen LogP contribution is -2.36. The fourth-order valence-corrected chi connectivity index (χ4v) is 2.17. The number of methoxy groups -OCH3 is 2. The second-order valence-corrected chi connectivity index (χ2v) is 5.65. The van der Waals surface area contributed by atoms with Crippen LogP contribution in [-0.2, 0) is 0 Å². The average Bonchev–Trinajstić information content (AvgIpc) is 2.50. The molecule has 0 aliphatic heterocycles. The summed E-state index contributed by atoms with van der Waals surface area (Å²) in [5, 5.41) is 3.62. The minimum Gasteiger partial charge on any atom is -0.493 e. The molecule has 1 unspecified atom stereocenters. The fourth-order valence-electron chi connectivity index (χ4n) is 2.17. The van der Waals surface area contributed by atoms with Gasteiger partial charge in [0, 0.05) is 18.6 Å². The first-order valence-corrected chi connectivity index (χ1v) is 7.69. The Balaban J connectivity index is 2.96. The SMILES string of the molecule is CCCNC(CN(C)C(C)C)c1ccc(OC)c(OC)c1. The highest BCUT2D eigenvalue weighted by molar-refractivity contribution is 5.43. The highest BCUT2D eigenvalue weighted by Gasteiger charge is 2.17. The maximum atomic E-state index is 5.42. The molecule has 1 aromatic carbocycles. The molecule has 0 radical (unpaired) electrons. The summed E-state index contributed by atoms with van der Waals surface area (Å²) in [7, 11) is 5.50. The second kappa shape index (κ2) is 8.90. The second-order valence-electron chi connectivity index (χ2n) is 5.65. The summed E-state index contributed by atoms with van der Waals surface area (Å²) in [4.78, 5) is 2.35. The summed E-state index contributed by atoms with van der Waals surface area (Å²) in [5.41, 5.74) is 1.23. The molecule has 1 N–H and O–H groups in total.